The molecule has 0 aliphatic carbocycles. The summed E-state index contributed by atoms with van der Waals surface area (Å²) in [5.41, 5.74) is 4.64. The molecule has 0 aliphatic heterocycles. The van der Waals surface area contributed by atoms with Gasteiger partial charge >= 0.3 is 0 Å². The van der Waals surface area contributed by atoms with Crippen LogP contribution in [0.15, 0.2) is 18.2 Å². The van der Waals surface area contributed by atoms with Gasteiger partial charge in [0, 0.05) is 6.54 Å². The van der Waals surface area contributed by atoms with Crippen molar-refractivity contribution in [2.45, 2.75) is 53.9 Å². The second-order valence-corrected chi connectivity index (χ2v) is 5.94. The number of hydrogen-bond acceptors (Lipinski definition) is 1. The molecule has 1 unspecified atom stereocenters. The van der Waals surface area contributed by atoms with Gasteiger partial charge in [-0.05, 0) is 61.8 Å². The molecule has 0 aliphatic rings. The van der Waals surface area contributed by atoms with Crippen molar-refractivity contribution in [2.75, 3.05) is 13.1 Å². The zero-order valence-corrected chi connectivity index (χ0v) is 12.8. The molecule has 0 aromatic heterocycles. The highest BCUT2D eigenvalue weighted by Gasteiger charge is 2.22. The molecular weight excluding hydrogens is 218 g/mol. The largest absolute Gasteiger partial charge is 0.316 e. The zero-order valence-electron chi connectivity index (χ0n) is 12.8. The summed E-state index contributed by atoms with van der Waals surface area (Å²) in [6, 6.07) is 6.89. The molecule has 102 valence electrons. The van der Waals surface area contributed by atoms with Crippen molar-refractivity contribution in [1.29, 1.82) is 0 Å². The van der Waals surface area contributed by atoms with Crippen molar-refractivity contribution in [3.8, 4) is 0 Å². The maximum Gasteiger partial charge on any atom is 0.000824 e. The summed E-state index contributed by atoms with van der Waals surface area (Å²) in [5.74, 6) is 0. The predicted molar refractivity (Wildman–Crippen MR) is 81.2 cm³/mol. The zero-order chi connectivity index (χ0) is 13.6. The molecule has 1 rings (SSSR count). The molecule has 0 bridgehead atoms. The first-order chi connectivity index (χ1) is 8.50. The van der Waals surface area contributed by atoms with Gasteiger partial charge in [-0.25, -0.2) is 0 Å². The molecule has 0 saturated heterocycles. The monoisotopic (exact) mass is 247 g/mol. The molecular formula is C17H29N. The van der Waals surface area contributed by atoms with Gasteiger partial charge in [0.15, 0.2) is 0 Å². The van der Waals surface area contributed by atoms with Gasteiger partial charge in [-0.2, -0.15) is 0 Å². The maximum absolute atomic E-state index is 3.57. The van der Waals surface area contributed by atoms with Crippen LogP contribution in [0.25, 0.3) is 0 Å². The van der Waals surface area contributed by atoms with Crippen LogP contribution in [-0.4, -0.2) is 13.1 Å². The Kier molecular flexibility index (Phi) is 5.87. The number of nitrogens with one attached hydrogen (secondary N) is 1. The normalized spacial score (nSPS) is 14.5. The average Bonchev–Trinajstić information content (AvgIpc) is 2.34. The van der Waals surface area contributed by atoms with Gasteiger partial charge in [-0.3, -0.25) is 0 Å². The van der Waals surface area contributed by atoms with Crippen LogP contribution < -0.4 is 5.32 Å². The smallest absolute Gasteiger partial charge is 0.000824 e. The highest BCUT2D eigenvalue weighted by atomic mass is 14.9. The molecule has 0 heterocycles. The van der Waals surface area contributed by atoms with Gasteiger partial charge in [-0.1, -0.05) is 39.0 Å². The minimum Gasteiger partial charge on any atom is -0.316 e. The van der Waals surface area contributed by atoms with Crippen LogP contribution in [0.4, 0.5) is 0 Å². The number of rotatable bonds is 7. The Morgan fingerprint density at radius 2 is 1.83 bits per heavy atom. The molecule has 0 spiro atoms. The SMILES string of the molecule is CCCNCC(C)(CC)Cc1ccc(C)c(C)c1. The fourth-order valence-electron chi connectivity index (χ4n) is 2.29. The molecule has 0 radical (unpaired) electrons. The van der Waals surface area contributed by atoms with E-state index in [0.717, 1.165) is 13.1 Å². The third-order valence-electron chi connectivity index (χ3n) is 4.03. The van der Waals surface area contributed by atoms with Crippen molar-refractivity contribution >= 4 is 0 Å². The summed E-state index contributed by atoms with van der Waals surface area (Å²) >= 11 is 0. The van der Waals surface area contributed by atoms with E-state index in [1.54, 1.807) is 0 Å². The van der Waals surface area contributed by atoms with E-state index in [-0.39, 0.29) is 0 Å². The summed E-state index contributed by atoms with van der Waals surface area (Å²) < 4.78 is 0. The van der Waals surface area contributed by atoms with Crippen LogP contribution in [0.1, 0.15) is 50.3 Å². The molecule has 1 aromatic rings. The highest BCUT2D eigenvalue weighted by Crippen LogP contribution is 2.26. The standard InChI is InChI=1S/C17H29N/c1-6-10-18-13-17(5,7-2)12-16-9-8-14(3)15(4)11-16/h8-9,11,18H,6-7,10,12-13H2,1-5H3. The van der Waals surface area contributed by atoms with Gasteiger partial charge in [-0.15, -0.1) is 0 Å². The van der Waals surface area contributed by atoms with E-state index in [1.807, 2.05) is 0 Å². The van der Waals surface area contributed by atoms with E-state index in [2.05, 4.69) is 58.1 Å². The fourth-order valence-corrected chi connectivity index (χ4v) is 2.29. The van der Waals surface area contributed by atoms with E-state index in [1.165, 1.54) is 36.0 Å². The molecule has 0 fully saturated rings. The average molecular weight is 247 g/mol. The molecule has 18 heavy (non-hydrogen) atoms. The van der Waals surface area contributed by atoms with E-state index >= 15 is 0 Å². The number of aryl methyl sites for hydroxylation is 2. The van der Waals surface area contributed by atoms with Crippen LogP contribution in [0.5, 0.6) is 0 Å². The lowest BCUT2D eigenvalue weighted by Gasteiger charge is -2.29. The van der Waals surface area contributed by atoms with E-state index in [9.17, 15) is 0 Å². The van der Waals surface area contributed by atoms with Crippen LogP contribution in [0, 0.1) is 19.3 Å². The first kappa shape index (κ1) is 15.2. The lowest BCUT2D eigenvalue weighted by atomic mass is 9.80. The van der Waals surface area contributed by atoms with Gasteiger partial charge in [0.05, 0.1) is 0 Å². The predicted octanol–water partition coefficient (Wildman–Crippen LogP) is 4.26. The molecule has 1 aromatic carbocycles. The molecule has 1 heteroatoms. The second kappa shape index (κ2) is 6.94. The second-order valence-electron chi connectivity index (χ2n) is 5.94. The Hall–Kier alpha value is -0.820. The lowest BCUT2D eigenvalue weighted by molar-refractivity contribution is 0.291. The summed E-state index contributed by atoms with van der Waals surface area (Å²) in [4.78, 5) is 0. The molecule has 1 atom stereocenters. The fraction of sp³-hybridized carbons (Fsp3) is 0.647. The quantitative estimate of drug-likeness (QED) is 0.710. The van der Waals surface area contributed by atoms with Crippen molar-refractivity contribution in [1.82, 2.24) is 5.32 Å². The lowest BCUT2D eigenvalue weighted by Crippen LogP contribution is -2.33. The van der Waals surface area contributed by atoms with Crippen LogP contribution in [-0.2, 0) is 6.42 Å². The first-order valence-electron chi connectivity index (χ1n) is 7.27. The van der Waals surface area contributed by atoms with Crippen molar-refractivity contribution in [3.05, 3.63) is 34.9 Å². The first-order valence-corrected chi connectivity index (χ1v) is 7.27. The minimum atomic E-state index is 0.372. The topological polar surface area (TPSA) is 12.0 Å². The van der Waals surface area contributed by atoms with Crippen LogP contribution >= 0.6 is 0 Å². The molecule has 0 saturated carbocycles. The Morgan fingerprint density at radius 1 is 1.11 bits per heavy atom. The third-order valence-corrected chi connectivity index (χ3v) is 4.03. The third kappa shape index (κ3) is 4.45. The minimum absolute atomic E-state index is 0.372. The molecule has 1 nitrogen and oxygen atoms in total. The van der Waals surface area contributed by atoms with E-state index in [4.69, 9.17) is 0 Å². The van der Waals surface area contributed by atoms with E-state index < -0.39 is 0 Å². The Bertz CT molecular complexity index is 370. The highest BCUT2D eigenvalue weighted by molar-refractivity contribution is 5.30. The summed E-state index contributed by atoms with van der Waals surface area (Å²) in [5, 5.41) is 3.57. The summed E-state index contributed by atoms with van der Waals surface area (Å²) in [6.45, 7) is 13.5. The van der Waals surface area contributed by atoms with Crippen molar-refractivity contribution < 1.29 is 0 Å². The van der Waals surface area contributed by atoms with Crippen LogP contribution in [0.2, 0.25) is 0 Å². The van der Waals surface area contributed by atoms with Crippen LogP contribution in [0.3, 0.4) is 0 Å². The van der Waals surface area contributed by atoms with Gasteiger partial charge in [0.1, 0.15) is 0 Å². The summed E-state index contributed by atoms with van der Waals surface area (Å²) in [7, 11) is 0. The Morgan fingerprint density at radius 3 is 2.39 bits per heavy atom. The van der Waals surface area contributed by atoms with Crippen molar-refractivity contribution in [2.24, 2.45) is 5.41 Å². The van der Waals surface area contributed by atoms with Gasteiger partial charge in [0.25, 0.3) is 0 Å². The summed E-state index contributed by atoms with van der Waals surface area (Å²) in [6.07, 6.45) is 3.60. The van der Waals surface area contributed by atoms with E-state index in [0.29, 0.717) is 5.41 Å². The Labute approximate surface area is 113 Å². The Balaban J connectivity index is 2.68. The molecule has 0 amide bonds. The molecule has 1 N–H and O–H groups in total. The van der Waals surface area contributed by atoms with Crippen molar-refractivity contribution in [3.63, 3.8) is 0 Å². The maximum atomic E-state index is 3.57. The number of benzene rings is 1. The van der Waals surface area contributed by atoms with Gasteiger partial charge in [0.2, 0.25) is 0 Å². The number of hydrogen-bond donors (Lipinski definition) is 1. The van der Waals surface area contributed by atoms with Gasteiger partial charge < -0.3 is 5.32 Å².